The SMILES string of the molecule is COc1ccc(C=CC(=O)c2ccccc2OP(=O)(O)O)c(OC)c1OC. The molecule has 8 nitrogen and oxygen atoms in total. The van der Waals surface area contributed by atoms with E-state index in [1.54, 1.807) is 18.2 Å². The van der Waals surface area contributed by atoms with Crippen molar-refractivity contribution in [1.29, 1.82) is 0 Å². The molecule has 0 fully saturated rings. The molecule has 9 heteroatoms. The van der Waals surface area contributed by atoms with E-state index in [2.05, 4.69) is 4.52 Å². The molecule has 0 aromatic heterocycles. The number of hydrogen-bond donors (Lipinski definition) is 2. The molecule has 0 saturated heterocycles. The molecule has 2 rings (SSSR count). The van der Waals surface area contributed by atoms with Gasteiger partial charge in [-0.3, -0.25) is 14.6 Å². The molecule has 0 unspecified atom stereocenters. The van der Waals surface area contributed by atoms with Crippen LogP contribution in [0.15, 0.2) is 42.5 Å². The van der Waals surface area contributed by atoms with E-state index in [4.69, 9.17) is 24.0 Å². The van der Waals surface area contributed by atoms with Gasteiger partial charge in [-0.15, -0.1) is 0 Å². The summed E-state index contributed by atoms with van der Waals surface area (Å²) in [5.41, 5.74) is 0.563. The minimum absolute atomic E-state index is 0.0107. The Morgan fingerprint density at radius 2 is 1.59 bits per heavy atom. The number of ketones is 1. The smallest absolute Gasteiger partial charge is 0.493 e. The first kappa shape index (κ1) is 20.5. The number of benzene rings is 2. The summed E-state index contributed by atoms with van der Waals surface area (Å²) in [6.07, 6.45) is 2.74. The van der Waals surface area contributed by atoms with E-state index in [-0.39, 0.29) is 11.3 Å². The number of rotatable bonds is 8. The van der Waals surface area contributed by atoms with Crippen molar-refractivity contribution in [3.05, 3.63) is 53.6 Å². The van der Waals surface area contributed by atoms with Crippen LogP contribution < -0.4 is 18.7 Å². The third kappa shape index (κ3) is 5.10. The highest BCUT2D eigenvalue weighted by atomic mass is 31.2. The van der Waals surface area contributed by atoms with Crippen LogP contribution in [0.4, 0.5) is 0 Å². The van der Waals surface area contributed by atoms with Crippen LogP contribution in [-0.4, -0.2) is 36.9 Å². The molecular formula is C18H19O8P. The monoisotopic (exact) mass is 394 g/mol. The summed E-state index contributed by atoms with van der Waals surface area (Å²) >= 11 is 0. The molecular weight excluding hydrogens is 375 g/mol. The second-order valence-corrected chi connectivity index (χ2v) is 6.36. The van der Waals surface area contributed by atoms with E-state index in [1.165, 1.54) is 51.7 Å². The van der Waals surface area contributed by atoms with Gasteiger partial charge < -0.3 is 18.7 Å². The van der Waals surface area contributed by atoms with Crippen molar-refractivity contribution in [3.63, 3.8) is 0 Å². The average molecular weight is 394 g/mol. The van der Waals surface area contributed by atoms with Gasteiger partial charge in [0.25, 0.3) is 0 Å². The van der Waals surface area contributed by atoms with Crippen molar-refractivity contribution in [2.45, 2.75) is 0 Å². The van der Waals surface area contributed by atoms with Gasteiger partial charge in [-0.1, -0.05) is 12.1 Å². The first-order valence-electron chi connectivity index (χ1n) is 7.66. The molecule has 0 radical (unpaired) electrons. The highest BCUT2D eigenvalue weighted by Gasteiger charge is 2.20. The number of phosphoric ester groups is 1. The lowest BCUT2D eigenvalue weighted by Crippen LogP contribution is -2.00. The molecule has 2 aromatic carbocycles. The fourth-order valence-corrected chi connectivity index (χ4v) is 2.80. The van der Waals surface area contributed by atoms with Crippen LogP contribution in [0.25, 0.3) is 6.08 Å². The second kappa shape index (κ2) is 8.73. The van der Waals surface area contributed by atoms with Gasteiger partial charge in [0, 0.05) is 5.56 Å². The minimum Gasteiger partial charge on any atom is -0.493 e. The molecule has 2 N–H and O–H groups in total. The van der Waals surface area contributed by atoms with E-state index in [0.717, 1.165) is 0 Å². The first-order chi connectivity index (χ1) is 12.8. The fourth-order valence-electron chi connectivity index (χ4n) is 2.39. The van der Waals surface area contributed by atoms with Gasteiger partial charge >= 0.3 is 7.82 Å². The molecule has 0 aliphatic rings. The number of carbonyl (C=O) groups excluding carboxylic acids is 1. The standard InChI is InChI=1S/C18H19O8P/c1-23-16-11-9-12(17(24-2)18(16)25-3)8-10-14(19)13-6-4-5-7-15(13)26-27(20,21)22/h4-11H,1-3H3,(H2,20,21,22). The average Bonchev–Trinajstić information content (AvgIpc) is 2.64. The van der Waals surface area contributed by atoms with Crippen molar-refractivity contribution >= 4 is 19.7 Å². The number of hydrogen-bond acceptors (Lipinski definition) is 6. The Morgan fingerprint density at radius 1 is 0.926 bits per heavy atom. The van der Waals surface area contributed by atoms with Crippen LogP contribution in [0, 0.1) is 0 Å². The van der Waals surface area contributed by atoms with E-state index >= 15 is 0 Å². The summed E-state index contributed by atoms with van der Waals surface area (Å²) in [5, 5.41) is 0. The lowest BCUT2D eigenvalue weighted by molar-refractivity contribution is 0.104. The summed E-state index contributed by atoms with van der Waals surface area (Å²) in [6, 6.07) is 9.12. The summed E-state index contributed by atoms with van der Waals surface area (Å²) in [4.78, 5) is 30.4. The number of allylic oxidation sites excluding steroid dienone is 1. The Hall–Kier alpha value is -2.80. The summed E-state index contributed by atoms with van der Waals surface area (Å²) < 4.78 is 31.5. The highest BCUT2D eigenvalue weighted by molar-refractivity contribution is 7.46. The van der Waals surface area contributed by atoms with Crippen molar-refractivity contribution in [2.24, 2.45) is 0 Å². The van der Waals surface area contributed by atoms with Gasteiger partial charge in [0.2, 0.25) is 5.75 Å². The van der Waals surface area contributed by atoms with Crippen LogP contribution in [0.3, 0.4) is 0 Å². The predicted molar refractivity (Wildman–Crippen MR) is 98.6 cm³/mol. The van der Waals surface area contributed by atoms with Gasteiger partial charge in [-0.25, -0.2) is 4.57 Å². The number of methoxy groups -OCH3 is 3. The number of carbonyl (C=O) groups is 1. The van der Waals surface area contributed by atoms with Gasteiger partial charge in [-0.2, -0.15) is 0 Å². The zero-order chi connectivity index (χ0) is 20.0. The van der Waals surface area contributed by atoms with Crippen LogP contribution >= 0.6 is 7.82 Å². The molecule has 0 amide bonds. The molecule has 0 bridgehead atoms. The van der Waals surface area contributed by atoms with Crippen molar-refractivity contribution in [1.82, 2.24) is 0 Å². The Bertz CT molecular complexity index is 900. The zero-order valence-corrected chi connectivity index (χ0v) is 15.8. The van der Waals surface area contributed by atoms with E-state index in [9.17, 15) is 9.36 Å². The van der Waals surface area contributed by atoms with Crippen LogP contribution in [0.2, 0.25) is 0 Å². The summed E-state index contributed by atoms with van der Waals surface area (Å²) in [6.45, 7) is 0. The van der Waals surface area contributed by atoms with Crippen molar-refractivity contribution in [3.8, 4) is 23.0 Å². The quantitative estimate of drug-likeness (QED) is 0.399. The molecule has 0 heterocycles. The van der Waals surface area contributed by atoms with Crippen molar-refractivity contribution in [2.75, 3.05) is 21.3 Å². The summed E-state index contributed by atoms with van der Waals surface area (Å²) in [5.74, 6) is 0.509. The summed E-state index contributed by atoms with van der Waals surface area (Å²) in [7, 11) is -0.371. The largest absolute Gasteiger partial charge is 0.524 e. The first-order valence-corrected chi connectivity index (χ1v) is 9.19. The molecule has 144 valence electrons. The third-order valence-electron chi connectivity index (χ3n) is 3.52. The highest BCUT2D eigenvalue weighted by Crippen LogP contribution is 2.41. The van der Waals surface area contributed by atoms with Crippen LogP contribution in [0.1, 0.15) is 15.9 Å². The molecule has 27 heavy (non-hydrogen) atoms. The number of phosphoric acid groups is 1. The Kier molecular flexibility index (Phi) is 6.63. The molecule has 0 aliphatic carbocycles. The maximum atomic E-state index is 12.5. The lowest BCUT2D eigenvalue weighted by Gasteiger charge is -2.14. The maximum absolute atomic E-state index is 12.5. The van der Waals surface area contributed by atoms with Gasteiger partial charge in [0.1, 0.15) is 5.75 Å². The lowest BCUT2D eigenvalue weighted by atomic mass is 10.1. The topological polar surface area (TPSA) is 112 Å². The Balaban J connectivity index is 2.37. The molecule has 0 atom stereocenters. The number of ether oxygens (including phenoxy) is 3. The second-order valence-electron chi connectivity index (χ2n) is 5.20. The number of para-hydroxylation sites is 1. The van der Waals surface area contributed by atoms with E-state index in [1.807, 2.05) is 0 Å². The normalized spacial score (nSPS) is 11.3. The minimum atomic E-state index is -4.79. The Labute approximate surface area is 156 Å². The Morgan fingerprint density at radius 3 is 2.19 bits per heavy atom. The van der Waals surface area contributed by atoms with Crippen LogP contribution in [-0.2, 0) is 4.57 Å². The fraction of sp³-hybridized carbons (Fsp3) is 0.167. The van der Waals surface area contributed by atoms with E-state index < -0.39 is 13.6 Å². The molecule has 0 saturated carbocycles. The molecule has 2 aromatic rings. The van der Waals surface area contributed by atoms with Gasteiger partial charge in [-0.05, 0) is 36.4 Å². The van der Waals surface area contributed by atoms with E-state index in [0.29, 0.717) is 22.8 Å². The zero-order valence-electron chi connectivity index (χ0n) is 14.9. The predicted octanol–water partition coefficient (Wildman–Crippen LogP) is 3.08. The molecule has 0 aliphatic heterocycles. The van der Waals surface area contributed by atoms with Gasteiger partial charge in [0.15, 0.2) is 17.3 Å². The van der Waals surface area contributed by atoms with Crippen molar-refractivity contribution < 1.29 is 37.9 Å². The molecule has 0 spiro atoms. The maximum Gasteiger partial charge on any atom is 0.524 e. The van der Waals surface area contributed by atoms with Crippen LogP contribution in [0.5, 0.6) is 23.0 Å². The van der Waals surface area contributed by atoms with Gasteiger partial charge in [0.05, 0.1) is 26.9 Å². The third-order valence-corrected chi connectivity index (χ3v) is 3.95.